The first-order chi connectivity index (χ1) is 13.2. The molecule has 1 heterocycles. The molecule has 154 valence electrons. The van der Waals surface area contributed by atoms with Crippen LogP contribution in [0.2, 0.25) is 0 Å². The number of hydrogen-bond donors (Lipinski definition) is 2. The lowest BCUT2D eigenvalue weighted by atomic mass is 10.1. The summed E-state index contributed by atoms with van der Waals surface area (Å²) in [4.78, 5) is 12.4. The van der Waals surface area contributed by atoms with Gasteiger partial charge in [-0.2, -0.15) is 0 Å². The van der Waals surface area contributed by atoms with E-state index in [9.17, 15) is 13.2 Å². The maximum absolute atomic E-state index is 12.4. The second-order valence-corrected chi connectivity index (χ2v) is 7.54. The summed E-state index contributed by atoms with van der Waals surface area (Å²) in [5.74, 6) is -0.404. The number of amides is 1. The van der Waals surface area contributed by atoms with Crippen LogP contribution in [-0.2, 0) is 26.0 Å². The van der Waals surface area contributed by atoms with Crippen LogP contribution in [0.1, 0.15) is 42.9 Å². The predicted octanol–water partition coefficient (Wildman–Crippen LogP) is 0.816. The van der Waals surface area contributed by atoms with Crippen LogP contribution in [0.4, 0.5) is 0 Å². The molecule has 0 saturated carbocycles. The maximum atomic E-state index is 12.4. The van der Waals surface area contributed by atoms with Crippen LogP contribution in [0.3, 0.4) is 0 Å². The number of primary sulfonamides is 1. The summed E-state index contributed by atoms with van der Waals surface area (Å²) in [7, 11) is -3.76. The molecular formula is C17H25N5O5S. The van der Waals surface area contributed by atoms with Gasteiger partial charge in [0, 0.05) is 13.2 Å². The number of sulfonamides is 1. The second kappa shape index (κ2) is 9.73. The Morgan fingerprint density at radius 2 is 1.82 bits per heavy atom. The fourth-order valence-corrected chi connectivity index (χ4v) is 2.99. The van der Waals surface area contributed by atoms with Gasteiger partial charge in [-0.3, -0.25) is 4.79 Å². The van der Waals surface area contributed by atoms with Crippen molar-refractivity contribution >= 4 is 15.9 Å². The molecule has 1 unspecified atom stereocenters. The molecule has 1 amide bonds. The van der Waals surface area contributed by atoms with E-state index in [1.165, 1.54) is 23.0 Å². The van der Waals surface area contributed by atoms with E-state index in [-0.39, 0.29) is 16.6 Å². The molecular weight excluding hydrogens is 386 g/mol. The Balaban J connectivity index is 2.00. The number of nitrogens with one attached hydrogen (secondary N) is 1. The largest absolute Gasteiger partial charge is 0.351 e. The van der Waals surface area contributed by atoms with Gasteiger partial charge in [-0.25, -0.2) is 18.2 Å². The number of aromatic nitrogens is 3. The number of hydrogen-bond acceptors (Lipinski definition) is 7. The lowest BCUT2D eigenvalue weighted by Gasteiger charge is -2.16. The summed E-state index contributed by atoms with van der Waals surface area (Å²) in [6.07, 6.45) is 1.04. The lowest BCUT2D eigenvalue weighted by Crippen LogP contribution is -2.27. The first kappa shape index (κ1) is 22.0. The Kier molecular flexibility index (Phi) is 7.63. The van der Waals surface area contributed by atoms with Crippen molar-refractivity contribution in [1.82, 2.24) is 20.3 Å². The molecule has 0 spiro atoms. The third-order valence-corrected chi connectivity index (χ3v) is 4.80. The molecule has 0 aliphatic heterocycles. The van der Waals surface area contributed by atoms with E-state index in [2.05, 4.69) is 15.6 Å². The van der Waals surface area contributed by atoms with Gasteiger partial charge in [0.05, 0.1) is 23.7 Å². The van der Waals surface area contributed by atoms with E-state index in [0.29, 0.717) is 19.8 Å². The standard InChI is InChI=1S/C17H25N5O5S/c1-4-26-16(27-5-2)11-22-10-15(20-21-22)17(23)19-12(3)13-6-8-14(9-7-13)28(18,24)25/h6-10,12,16H,4-5,11H2,1-3H3,(H,19,23)(H2,18,24,25). The summed E-state index contributed by atoms with van der Waals surface area (Å²) in [5, 5.41) is 15.7. The van der Waals surface area contributed by atoms with Gasteiger partial charge in [0.2, 0.25) is 10.0 Å². The normalized spacial score (nSPS) is 12.9. The lowest BCUT2D eigenvalue weighted by molar-refractivity contribution is -0.145. The highest BCUT2D eigenvalue weighted by atomic mass is 32.2. The van der Waals surface area contributed by atoms with Crippen molar-refractivity contribution in [1.29, 1.82) is 0 Å². The molecule has 3 N–H and O–H groups in total. The summed E-state index contributed by atoms with van der Waals surface area (Å²) < 4.78 is 35.0. The Morgan fingerprint density at radius 1 is 1.21 bits per heavy atom. The van der Waals surface area contributed by atoms with Gasteiger partial charge in [-0.05, 0) is 38.5 Å². The number of ether oxygens (including phenoxy) is 2. The zero-order valence-electron chi connectivity index (χ0n) is 16.0. The molecule has 10 nitrogen and oxygen atoms in total. The van der Waals surface area contributed by atoms with Crippen molar-refractivity contribution in [2.45, 2.75) is 44.5 Å². The molecule has 28 heavy (non-hydrogen) atoms. The minimum Gasteiger partial charge on any atom is -0.351 e. The molecule has 1 atom stereocenters. The number of carbonyl (C=O) groups is 1. The summed E-state index contributed by atoms with van der Waals surface area (Å²) in [6, 6.07) is 5.61. The van der Waals surface area contributed by atoms with E-state index in [4.69, 9.17) is 14.6 Å². The van der Waals surface area contributed by atoms with E-state index in [0.717, 1.165) is 5.56 Å². The van der Waals surface area contributed by atoms with Crippen LogP contribution in [0.25, 0.3) is 0 Å². The molecule has 1 aromatic carbocycles. The number of carbonyl (C=O) groups excluding carboxylic acids is 1. The minimum absolute atomic E-state index is 0.0101. The number of nitrogens with zero attached hydrogens (tertiary/aromatic N) is 3. The molecule has 0 aliphatic rings. The Bertz CT molecular complexity index is 876. The van der Waals surface area contributed by atoms with Gasteiger partial charge in [-0.1, -0.05) is 17.3 Å². The van der Waals surface area contributed by atoms with E-state index in [1.807, 2.05) is 13.8 Å². The van der Waals surface area contributed by atoms with Gasteiger partial charge < -0.3 is 14.8 Å². The Hall–Kier alpha value is -2.34. The van der Waals surface area contributed by atoms with Crippen LogP contribution >= 0.6 is 0 Å². The minimum atomic E-state index is -3.76. The van der Waals surface area contributed by atoms with Gasteiger partial charge in [0.15, 0.2) is 12.0 Å². The zero-order valence-corrected chi connectivity index (χ0v) is 16.8. The molecule has 0 fully saturated rings. The highest BCUT2D eigenvalue weighted by Crippen LogP contribution is 2.16. The second-order valence-electron chi connectivity index (χ2n) is 5.98. The van der Waals surface area contributed by atoms with Gasteiger partial charge in [-0.15, -0.1) is 5.10 Å². The fourth-order valence-electron chi connectivity index (χ4n) is 2.47. The van der Waals surface area contributed by atoms with Crippen LogP contribution in [0.15, 0.2) is 35.4 Å². The average Bonchev–Trinajstić information content (AvgIpc) is 3.10. The first-order valence-electron chi connectivity index (χ1n) is 8.81. The van der Waals surface area contributed by atoms with E-state index in [1.54, 1.807) is 19.1 Å². The number of benzene rings is 1. The first-order valence-corrected chi connectivity index (χ1v) is 10.4. The third-order valence-electron chi connectivity index (χ3n) is 3.87. The van der Waals surface area contributed by atoms with Gasteiger partial charge in [0.25, 0.3) is 5.91 Å². The van der Waals surface area contributed by atoms with Crippen LogP contribution in [-0.4, -0.2) is 48.8 Å². The van der Waals surface area contributed by atoms with Crippen molar-refractivity contribution in [3.8, 4) is 0 Å². The molecule has 11 heteroatoms. The summed E-state index contributed by atoms with van der Waals surface area (Å²) in [5.41, 5.74) is 0.876. The zero-order chi connectivity index (χ0) is 20.7. The monoisotopic (exact) mass is 411 g/mol. The topological polar surface area (TPSA) is 138 Å². The Morgan fingerprint density at radius 3 is 2.36 bits per heavy atom. The molecule has 0 radical (unpaired) electrons. The van der Waals surface area contributed by atoms with Crippen LogP contribution in [0, 0.1) is 0 Å². The van der Waals surface area contributed by atoms with E-state index < -0.39 is 22.2 Å². The highest BCUT2D eigenvalue weighted by Gasteiger charge is 2.17. The molecule has 1 aromatic heterocycles. The van der Waals surface area contributed by atoms with Crippen LogP contribution < -0.4 is 10.5 Å². The number of nitrogens with two attached hydrogens (primary N) is 1. The van der Waals surface area contributed by atoms with Crippen LogP contribution in [0.5, 0.6) is 0 Å². The van der Waals surface area contributed by atoms with Gasteiger partial charge >= 0.3 is 0 Å². The summed E-state index contributed by atoms with van der Waals surface area (Å²) in [6.45, 7) is 6.80. The highest BCUT2D eigenvalue weighted by molar-refractivity contribution is 7.89. The Labute approximate surface area is 164 Å². The quantitative estimate of drug-likeness (QED) is 0.552. The molecule has 0 bridgehead atoms. The predicted molar refractivity (Wildman–Crippen MR) is 101 cm³/mol. The molecule has 2 rings (SSSR count). The summed E-state index contributed by atoms with van der Waals surface area (Å²) >= 11 is 0. The molecule has 0 aliphatic carbocycles. The third kappa shape index (κ3) is 6.09. The van der Waals surface area contributed by atoms with E-state index >= 15 is 0 Å². The van der Waals surface area contributed by atoms with Gasteiger partial charge in [0.1, 0.15) is 0 Å². The molecule has 2 aromatic rings. The average molecular weight is 411 g/mol. The SMILES string of the molecule is CCOC(Cn1cc(C(=O)NC(C)c2ccc(S(N)(=O)=O)cc2)nn1)OCC. The fraction of sp³-hybridized carbons (Fsp3) is 0.471. The van der Waals surface area contributed by atoms with Crippen molar-refractivity contribution in [2.24, 2.45) is 5.14 Å². The maximum Gasteiger partial charge on any atom is 0.273 e. The van der Waals surface area contributed by atoms with Crippen molar-refractivity contribution < 1.29 is 22.7 Å². The molecule has 0 saturated heterocycles. The van der Waals surface area contributed by atoms with Crippen molar-refractivity contribution in [3.05, 3.63) is 41.7 Å². The number of rotatable bonds is 10. The van der Waals surface area contributed by atoms with Crippen molar-refractivity contribution in [3.63, 3.8) is 0 Å². The van der Waals surface area contributed by atoms with Crippen molar-refractivity contribution in [2.75, 3.05) is 13.2 Å². The smallest absolute Gasteiger partial charge is 0.273 e.